The second kappa shape index (κ2) is 14.4. The Labute approximate surface area is 250 Å². The van der Waals surface area contributed by atoms with Crippen LogP contribution in [0.25, 0.3) is 0 Å². The number of nitrogens with zero attached hydrogens (tertiary/aromatic N) is 1. The monoisotopic (exact) mass is 566 g/mol. The minimum absolute atomic E-state index is 0. The fourth-order valence-electron chi connectivity index (χ4n) is 2.18. The molecular formula is C9H12N2Na3O14P3S. The molecule has 6 atom stereocenters. The van der Waals surface area contributed by atoms with Crippen LogP contribution in [0.5, 0.6) is 0 Å². The molecule has 0 bridgehead atoms. The van der Waals surface area contributed by atoms with Crippen LogP contribution < -0.4 is 115 Å². The largest absolute Gasteiger partial charge is 1.00 e. The zero-order valence-corrected chi connectivity index (χ0v) is 26.2. The summed E-state index contributed by atoms with van der Waals surface area (Å²) in [5.41, 5.74) is -1.75. The second-order valence-corrected chi connectivity index (χ2v) is 11.0. The van der Waals surface area contributed by atoms with Crippen molar-refractivity contribution in [2.75, 3.05) is 6.61 Å². The zero-order chi connectivity index (χ0) is 22.2. The van der Waals surface area contributed by atoms with Crippen LogP contribution in [0.4, 0.5) is 0 Å². The summed E-state index contributed by atoms with van der Waals surface area (Å²) in [5, 5.41) is 19.9. The number of aliphatic hydroxyl groups is 2. The van der Waals surface area contributed by atoms with Crippen molar-refractivity contribution in [3.05, 3.63) is 33.1 Å². The van der Waals surface area contributed by atoms with E-state index in [1.54, 1.807) is 0 Å². The molecule has 0 radical (unpaired) electrons. The van der Waals surface area contributed by atoms with Gasteiger partial charge in [-0.05, 0) is 0 Å². The molecule has 4 N–H and O–H groups in total. The minimum atomic E-state index is -5.90. The topological polar surface area (TPSA) is 256 Å². The van der Waals surface area contributed by atoms with Gasteiger partial charge in [-0.1, -0.05) is 6.72 Å². The van der Waals surface area contributed by atoms with E-state index in [0.29, 0.717) is 4.57 Å². The Morgan fingerprint density at radius 2 is 1.69 bits per heavy atom. The van der Waals surface area contributed by atoms with Crippen LogP contribution in [0.15, 0.2) is 21.9 Å². The molecule has 0 spiro atoms. The Balaban J connectivity index is 0. The molecule has 1 aromatic rings. The molecule has 2 rings (SSSR count). The van der Waals surface area contributed by atoms with Crippen LogP contribution in [-0.2, 0) is 38.8 Å². The van der Waals surface area contributed by atoms with Crippen molar-refractivity contribution < 1.29 is 145 Å². The van der Waals surface area contributed by atoms with Crippen molar-refractivity contribution in [2.24, 2.45) is 0 Å². The maximum absolute atomic E-state index is 11.7. The minimum Gasteiger partial charge on any atom is -0.812 e. The first kappa shape index (κ1) is 36.5. The average molecular weight is 566 g/mol. The number of phosphoric acid groups is 2. The van der Waals surface area contributed by atoms with Gasteiger partial charge in [0.2, 0.25) is 0 Å². The van der Waals surface area contributed by atoms with E-state index in [1.807, 2.05) is 4.98 Å². The van der Waals surface area contributed by atoms with E-state index < -0.39 is 64.8 Å². The van der Waals surface area contributed by atoms with E-state index in [9.17, 15) is 48.5 Å². The molecule has 32 heavy (non-hydrogen) atoms. The third-order valence-corrected chi connectivity index (χ3v) is 7.57. The molecule has 0 amide bonds. The molecule has 1 aliphatic rings. The molecule has 1 fully saturated rings. The number of aromatic nitrogens is 2. The normalized spacial score (nSPS) is 26.6. The Hall–Kier alpha value is 2.39. The van der Waals surface area contributed by atoms with Gasteiger partial charge in [0.1, 0.15) is 18.3 Å². The van der Waals surface area contributed by atoms with E-state index in [-0.39, 0.29) is 88.7 Å². The van der Waals surface area contributed by atoms with Crippen molar-refractivity contribution in [3.63, 3.8) is 0 Å². The van der Waals surface area contributed by atoms with E-state index in [0.717, 1.165) is 12.3 Å². The Kier molecular flexibility index (Phi) is 16.4. The number of aliphatic hydroxyl groups excluding tert-OH is 2. The van der Waals surface area contributed by atoms with Crippen LogP contribution in [0, 0.1) is 0 Å². The average Bonchev–Trinajstić information content (AvgIpc) is 2.78. The summed E-state index contributed by atoms with van der Waals surface area (Å²) < 4.78 is 40.0. The molecule has 1 aliphatic heterocycles. The van der Waals surface area contributed by atoms with E-state index >= 15 is 0 Å². The Morgan fingerprint density at radius 1 is 1.12 bits per heavy atom. The summed E-state index contributed by atoms with van der Waals surface area (Å²) >= 11 is 3.66. The van der Waals surface area contributed by atoms with Crippen LogP contribution >= 0.6 is 22.4 Å². The van der Waals surface area contributed by atoms with Gasteiger partial charge >= 0.3 is 102 Å². The van der Waals surface area contributed by atoms with Crippen molar-refractivity contribution >= 4 is 34.2 Å². The summed E-state index contributed by atoms with van der Waals surface area (Å²) in [6, 6.07) is 0.920. The molecule has 0 saturated carbocycles. The second-order valence-electron chi connectivity index (χ2n) is 5.39. The number of nitrogens with one attached hydrogen (secondary N) is 1. The molecule has 1 saturated heterocycles. The number of ether oxygens (including phenoxy) is 1. The number of rotatable bonds is 8. The predicted octanol–water partition coefficient (Wildman–Crippen LogP) is -13.3. The summed E-state index contributed by atoms with van der Waals surface area (Å²) in [7, 11) is -11.4. The molecular weight excluding hydrogens is 554 g/mol. The van der Waals surface area contributed by atoms with Gasteiger partial charge in [-0.25, -0.2) is 13.7 Å². The van der Waals surface area contributed by atoms with E-state index in [2.05, 4.69) is 25.0 Å². The van der Waals surface area contributed by atoms with Gasteiger partial charge in [-0.2, -0.15) is 0 Å². The molecule has 23 heteroatoms. The van der Waals surface area contributed by atoms with Crippen molar-refractivity contribution in [1.82, 2.24) is 9.55 Å². The van der Waals surface area contributed by atoms with Gasteiger partial charge < -0.3 is 38.8 Å². The molecule has 16 nitrogen and oxygen atoms in total. The first-order valence-electron chi connectivity index (χ1n) is 7.16. The molecule has 2 heterocycles. The molecule has 2 unspecified atom stereocenters. The standard InChI is InChI=1S/C9H15N2O14P3S.3Na/c12-5-1-2-11(9(15)10-5)8-7(14)6(13)4(23-8)3-22-26(16,17)24-27(18,19)25-28(20,21)29;;;/h1-2,4,6-8,13-14H,3H2,(H,16,17)(H,18,19)(H,10,12,15)(H2,20,21,29);;;/q;3*+1/p-3/t4-,6-,7-,8-;;;/m1.../s1. The number of H-pyrrole nitrogens is 1. The third kappa shape index (κ3) is 11.2. The quantitative estimate of drug-likeness (QED) is 0.168. The predicted molar refractivity (Wildman–Crippen MR) is 87.1 cm³/mol. The molecule has 0 aliphatic carbocycles. The van der Waals surface area contributed by atoms with Gasteiger partial charge in [0.15, 0.2) is 6.23 Å². The number of hydrogen-bond acceptors (Lipinski definition) is 14. The summed E-state index contributed by atoms with van der Waals surface area (Å²) in [6.45, 7) is -6.34. The maximum atomic E-state index is 11.7. The van der Waals surface area contributed by atoms with Gasteiger partial charge in [0.05, 0.1) is 6.61 Å². The number of aromatic amines is 1. The van der Waals surface area contributed by atoms with Gasteiger partial charge in [0.25, 0.3) is 13.4 Å². The summed E-state index contributed by atoms with van der Waals surface area (Å²) in [5.74, 6) is 0. The number of phosphoric ester groups is 1. The van der Waals surface area contributed by atoms with Gasteiger partial charge in [0, 0.05) is 12.3 Å². The third-order valence-electron chi connectivity index (χ3n) is 3.27. The van der Waals surface area contributed by atoms with Crippen molar-refractivity contribution in [1.29, 1.82) is 0 Å². The smallest absolute Gasteiger partial charge is 0.812 e. The zero-order valence-electron chi connectivity index (χ0n) is 16.7. The SMILES string of the molecule is O=c1ccn([C@@H]2O[C@H](COP(=O)(O)OP(=O)([O-])OP([O-])([O-])=S)[C@@H](O)[C@H]2O)c(=O)[nH]1.[Na+].[Na+].[Na+]. The van der Waals surface area contributed by atoms with E-state index in [4.69, 9.17) is 4.74 Å². The van der Waals surface area contributed by atoms with Crippen molar-refractivity contribution in [3.8, 4) is 0 Å². The van der Waals surface area contributed by atoms with Crippen molar-refractivity contribution in [2.45, 2.75) is 24.5 Å². The Morgan fingerprint density at radius 3 is 2.19 bits per heavy atom. The van der Waals surface area contributed by atoms with Gasteiger partial charge in [-0.15, -0.1) is 11.8 Å². The summed E-state index contributed by atoms with van der Waals surface area (Å²) in [4.78, 5) is 66.5. The molecule has 166 valence electrons. The first-order valence-corrected chi connectivity index (χ1v) is 12.7. The summed E-state index contributed by atoms with van der Waals surface area (Å²) in [6.07, 6.45) is -5.71. The van der Waals surface area contributed by atoms with Crippen LogP contribution in [0.3, 0.4) is 0 Å². The maximum Gasteiger partial charge on any atom is 1.00 e. The van der Waals surface area contributed by atoms with Crippen LogP contribution in [0.1, 0.15) is 6.23 Å². The fourth-order valence-corrected chi connectivity index (χ4v) is 5.82. The van der Waals surface area contributed by atoms with E-state index in [1.165, 1.54) is 0 Å². The van der Waals surface area contributed by atoms with Crippen LogP contribution in [0.2, 0.25) is 0 Å². The molecule has 0 aromatic carbocycles. The Bertz CT molecular complexity index is 1020. The van der Waals surface area contributed by atoms with Crippen LogP contribution in [-0.4, -0.2) is 49.6 Å². The first-order chi connectivity index (χ1) is 13.1. The molecule has 1 aromatic heterocycles. The number of hydrogen-bond donors (Lipinski definition) is 4. The van der Waals surface area contributed by atoms with Gasteiger partial charge in [-0.3, -0.25) is 23.4 Å². The fraction of sp³-hybridized carbons (Fsp3) is 0.556.